The molecule has 0 radical (unpaired) electrons. The first-order valence-electron chi connectivity index (χ1n) is 20.0. The molecule has 0 aliphatic carbocycles. The highest BCUT2D eigenvalue weighted by Crippen LogP contribution is 2.39. The highest BCUT2D eigenvalue weighted by molar-refractivity contribution is 5.72. The van der Waals surface area contributed by atoms with Gasteiger partial charge in [-0.25, -0.2) is 0 Å². The molecule has 0 amide bonds. The zero-order valence-electron chi connectivity index (χ0n) is 31.4. The second kappa shape index (κ2) is 30.7. The van der Waals surface area contributed by atoms with E-state index in [1.807, 2.05) is 6.92 Å². The molecule has 3 atom stereocenters. The molecule has 0 heterocycles. The van der Waals surface area contributed by atoms with Crippen molar-refractivity contribution in [2.24, 2.45) is 5.92 Å². The lowest BCUT2D eigenvalue weighted by Crippen LogP contribution is -2.52. The monoisotopic (exact) mass is 653 g/mol. The fourth-order valence-electron chi connectivity index (χ4n) is 6.48. The molecule has 3 unspecified atom stereocenters. The van der Waals surface area contributed by atoms with E-state index in [9.17, 15) is 14.4 Å². The summed E-state index contributed by atoms with van der Waals surface area (Å²) in [6, 6.07) is 0. The average Bonchev–Trinajstić information content (AvgIpc) is 3.02. The first-order valence-corrected chi connectivity index (χ1v) is 20.0. The number of hydrogen-bond donors (Lipinski definition) is 0. The van der Waals surface area contributed by atoms with Gasteiger partial charge in [-0.05, 0) is 38.5 Å². The van der Waals surface area contributed by atoms with Gasteiger partial charge in [0.1, 0.15) is 6.10 Å². The SMILES string of the molecule is CCCCCCCCCC(=O)OC(CCC)C(CCC)C(CCC)(OC(=O)CCCCCCC)OC(=O)CCCCCCCCC. The maximum atomic E-state index is 13.4. The van der Waals surface area contributed by atoms with Gasteiger partial charge in [0.05, 0.1) is 5.92 Å². The van der Waals surface area contributed by atoms with Crippen LogP contribution in [-0.2, 0) is 28.6 Å². The van der Waals surface area contributed by atoms with Gasteiger partial charge in [0.2, 0.25) is 0 Å². The molecular formula is C40H76O6. The second-order valence-corrected chi connectivity index (χ2v) is 13.6. The van der Waals surface area contributed by atoms with Crippen molar-refractivity contribution in [3.8, 4) is 0 Å². The quantitative estimate of drug-likeness (QED) is 0.0399. The number of esters is 3. The minimum atomic E-state index is -1.43. The van der Waals surface area contributed by atoms with Crippen LogP contribution < -0.4 is 0 Å². The molecule has 46 heavy (non-hydrogen) atoms. The van der Waals surface area contributed by atoms with Crippen molar-refractivity contribution in [3.63, 3.8) is 0 Å². The third-order valence-electron chi connectivity index (χ3n) is 9.09. The number of unbranched alkanes of at least 4 members (excludes halogenated alkanes) is 16. The van der Waals surface area contributed by atoms with E-state index in [4.69, 9.17) is 14.2 Å². The van der Waals surface area contributed by atoms with Gasteiger partial charge in [0.25, 0.3) is 5.79 Å². The lowest BCUT2D eigenvalue weighted by molar-refractivity contribution is -0.265. The summed E-state index contributed by atoms with van der Waals surface area (Å²) in [5, 5.41) is 0. The standard InChI is InChI=1S/C40H76O6/c1-7-13-16-19-21-24-26-31-37(41)44-36(30-11-5)35(29-10-4)40(34-12-6,45-38(42)32-27-23-18-15-9-3)46-39(43)33-28-25-22-20-17-14-8-2/h35-36H,7-34H2,1-6H3. The van der Waals surface area contributed by atoms with E-state index in [-0.39, 0.29) is 17.9 Å². The van der Waals surface area contributed by atoms with Crippen molar-refractivity contribution in [2.45, 2.75) is 233 Å². The molecule has 0 N–H and O–H groups in total. The fourth-order valence-corrected chi connectivity index (χ4v) is 6.48. The summed E-state index contributed by atoms with van der Waals surface area (Å²) in [5.41, 5.74) is 0. The van der Waals surface area contributed by atoms with Gasteiger partial charge in [-0.1, -0.05) is 157 Å². The van der Waals surface area contributed by atoms with Crippen LogP contribution in [0, 0.1) is 5.92 Å². The lowest BCUT2D eigenvalue weighted by atomic mass is 9.83. The maximum absolute atomic E-state index is 13.4. The first kappa shape index (κ1) is 44.4. The smallest absolute Gasteiger partial charge is 0.309 e. The van der Waals surface area contributed by atoms with Crippen LogP contribution in [-0.4, -0.2) is 29.8 Å². The molecule has 0 spiro atoms. The van der Waals surface area contributed by atoms with Crippen LogP contribution in [0.3, 0.4) is 0 Å². The van der Waals surface area contributed by atoms with Crippen LogP contribution >= 0.6 is 0 Å². The molecule has 0 saturated heterocycles. The molecule has 6 heteroatoms. The van der Waals surface area contributed by atoms with Gasteiger partial charge < -0.3 is 14.2 Å². The van der Waals surface area contributed by atoms with Crippen LogP contribution in [0.4, 0.5) is 0 Å². The van der Waals surface area contributed by atoms with Gasteiger partial charge in [0, 0.05) is 25.7 Å². The fraction of sp³-hybridized carbons (Fsp3) is 0.925. The summed E-state index contributed by atoms with van der Waals surface area (Å²) in [6.07, 6.45) is 25.4. The Balaban J connectivity index is 5.85. The van der Waals surface area contributed by atoms with E-state index < -0.39 is 17.8 Å². The predicted molar refractivity (Wildman–Crippen MR) is 192 cm³/mol. The Morgan fingerprint density at radius 2 is 0.804 bits per heavy atom. The minimum Gasteiger partial charge on any atom is -0.462 e. The summed E-state index contributed by atoms with van der Waals surface area (Å²) in [6.45, 7) is 12.8. The Bertz CT molecular complexity index is 737. The summed E-state index contributed by atoms with van der Waals surface area (Å²) in [4.78, 5) is 40.0. The zero-order valence-corrected chi connectivity index (χ0v) is 31.4. The highest BCUT2D eigenvalue weighted by Gasteiger charge is 2.49. The van der Waals surface area contributed by atoms with Crippen molar-refractivity contribution in [2.75, 3.05) is 0 Å². The molecule has 0 saturated carbocycles. The van der Waals surface area contributed by atoms with Crippen LogP contribution in [0.25, 0.3) is 0 Å². The Morgan fingerprint density at radius 1 is 0.435 bits per heavy atom. The summed E-state index contributed by atoms with van der Waals surface area (Å²) < 4.78 is 18.9. The molecule has 0 aromatic carbocycles. The van der Waals surface area contributed by atoms with E-state index in [1.54, 1.807) is 0 Å². The van der Waals surface area contributed by atoms with Crippen LogP contribution in [0.15, 0.2) is 0 Å². The van der Waals surface area contributed by atoms with E-state index in [0.717, 1.165) is 83.5 Å². The van der Waals surface area contributed by atoms with Crippen molar-refractivity contribution in [1.82, 2.24) is 0 Å². The third-order valence-corrected chi connectivity index (χ3v) is 9.09. The van der Waals surface area contributed by atoms with Crippen molar-refractivity contribution in [1.29, 1.82) is 0 Å². The van der Waals surface area contributed by atoms with Gasteiger partial charge in [-0.3, -0.25) is 14.4 Å². The number of rotatable bonds is 33. The Labute approximate surface area is 285 Å². The number of hydrogen-bond acceptors (Lipinski definition) is 6. The Hall–Kier alpha value is -1.59. The van der Waals surface area contributed by atoms with E-state index in [1.165, 1.54) is 51.4 Å². The normalized spacial score (nSPS) is 14.0. The van der Waals surface area contributed by atoms with E-state index in [0.29, 0.717) is 44.9 Å². The van der Waals surface area contributed by atoms with Crippen molar-refractivity contribution >= 4 is 17.9 Å². The molecule has 6 nitrogen and oxygen atoms in total. The molecule has 0 aliphatic heterocycles. The summed E-state index contributed by atoms with van der Waals surface area (Å²) in [7, 11) is 0. The molecule has 0 rings (SSSR count). The molecule has 272 valence electrons. The highest BCUT2D eigenvalue weighted by atomic mass is 16.7. The summed E-state index contributed by atoms with van der Waals surface area (Å²) >= 11 is 0. The topological polar surface area (TPSA) is 78.9 Å². The van der Waals surface area contributed by atoms with Gasteiger partial charge >= 0.3 is 17.9 Å². The second-order valence-electron chi connectivity index (χ2n) is 13.6. The molecule has 0 fully saturated rings. The average molecular weight is 653 g/mol. The maximum Gasteiger partial charge on any atom is 0.309 e. The molecule has 0 aromatic heterocycles. The Morgan fingerprint density at radius 3 is 1.17 bits per heavy atom. The largest absolute Gasteiger partial charge is 0.462 e. The number of ether oxygens (including phenoxy) is 3. The lowest BCUT2D eigenvalue weighted by Gasteiger charge is -2.42. The molecule has 0 bridgehead atoms. The van der Waals surface area contributed by atoms with E-state index >= 15 is 0 Å². The van der Waals surface area contributed by atoms with Crippen molar-refractivity contribution < 1.29 is 28.6 Å². The minimum absolute atomic E-state index is 0.199. The number of carbonyl (C=O) groups is 3. The van der Waals surface area contributed by atoms with Crippen LogP contribution in [0.1, 0.15) is 221 Å². The Kier molecular flexibility index (Phi) is 29.7. The molecular weight excluding hydrogens is 576 g/mol. The predicted octanol–water partition coefficient (Wildman–Crippen LogP) is 12.3. The van der Waals surface area contributed by atoms with Gasteiger partial charge in [-0.2, -0.15) is 0 Å². The van der Waals surface area contributed by atoms with Crippen LogP contribution in [0.2, 0.25) is 0 Å². The van der Waals surface area contributed by atoms with Gasteiger partial charge in [0.15, 0.2) is 0 Å². The summed E-state index contributed by atoms with van der Waals surface area (Å²) in [5.74, 6) is -2.67. The van der Waals surface area contributed by atoms with Crippen LogP contribution in [0.5, 0.6) is 0 Å². The molecule has 0 aliphatic rings. The third kappa shape index (κ3) is 22.1. The van der Waals surface area contributed by atoms with Crippen molar-refractivity contribution in [3.05, 3.63) is 0 Å². The molecule has 0 aromatic rings. The number of carbonyl (C=O) groups excluding carboxylic acids is 3. The van der Waals surface area contributed by atoms with Gasteiger partial charge in [-0.15, -0.1) is 0 Å². The van der Waals surface area contributed by atoms with E-state index in [2.05, 4.69) is 34.6 Å². The zero-order chi connectivity index (χ0) is 34.3. The first-order chi connectivity index (χ1) is 22.3.